The minimum Gasteiger partial charge on any atom is -0.307 e. The smallest absolute Gasteiger partial charge is 0.261 e. The fraction of sp³-hybridized carbons (Fsp3) is 0.238. The predicted octanol–water partition coefficient (Wildman–Crippen LogP) is 4.40. The van der Waals surface area contributed by atoms with Crippen LogP contribution in [-0.4, -0.2) is 22.2 Å². The van der Waals surface area contributed by atoms with Crippen LogP contribution in [0.2, 0.25) is 0 Å². The van der Waals surface area contributed by atoms with Crippen LogP contribution in [0.25, 0.3) is 5.69 Å². The maximum Gasteiger partial charge on any atom is 0.261 e. The number of carbonyl (C=O) groups excluding carboxylic acids is 1. The summed E-state index contributed by atoms with van der Waals surface area (Å²) in [6, 6.07) is 11.1. The Bertz CT molecular complexity index is 1060. The SMILES string of the molecule is Cc1c(C(=O)N2CC(C)(C)c3ccccc32)cnn1-c1ccc(F)cc1F. The summed E-state index contributed by atoms with van der Waals surface area (Å²) < 4.78 is 28.6. The molecule has 0 radical (unpaired) electrons. The summed E-state index contributed by atoms with van der Waals surface area (Å²) in [6.07, 6.45) is 1.44. The largest absolute Gasteiger partial charge is 0.307 e. The first-order valence-corrected chi connectivity index (χ1v) is 8.71. The molecule has 2 aromatic carbocycles. The van der Waals surface area contributed by atoms with Gasteiger partial charge in [0.05, 0.1) is 17.5 Å². The molecule has 4 rings (SSSR count). The van der Waals surface area contributed by atoms with E-state index in [0.717, 1.165) is 17.3 Å². The first-order valence-electron chi connectivity index (χ1n) is 8.71. The number of carbonyl (C=O) groups is 1. The van der Waals surface area contributed by atoms with Gasteiger partial charge in [-0.2, -0.15) is 5.10 Å². The van der Waals surface area contributed by atoms with Crippen molar-refractivity contribution in [1.82, 2.24) is 9.78 Å². The molecule has 2 heterocycles. The summed E-state index contributed by atoms with van der Waals surface area (Å²) in [6.45, 7) is 6.46. The molecule has 1 aromatic heterocycles. The highest BCUT2D eigenvalue weighted by Crippen LogP contribution is 2.41. The number of para-hydroxylation sites is 1. The minimum absolute atomic E-state index is 0.107. The van der Waals surface area contributed by atoms with Gasteiger partial charge in [0.1, 0.15) is 11.5 Å². The monoisotopic (exact) mass is 367 g/mol. The topological polar surface area (TPSA) is 38.1 Å². The van der Waals surface area contributed by atoms with Gasteiger partial charge in [-0.1, -0.05) is 32.0 Å². The second kappa shape index (κ2) is 6.01. The van der Waals surface area contributed by atoms with Crippen molar-refractivity contribution in [2.45, 2.75) is 26.2 Å². The number of hydrogen-bond donors (Lipinski definition) is 0. The highest BCUT2D eigenvalue weighted by molar-refractivity contribution is 6.08. The van der Waals surface area contributed by atoms with Gasteiger partial charge in [-0.3, -0.25) is 4.79 Å². The number of rotatable bonds is 2. The quantitative estimate of drug-likeness (QED) is 0.673. The predicted molar refractivity (Wildman–Crippen MR) is 99.4 cm³/mol. The minimum atomic E-state index is -0.729. The van der Waals surface area contributed by atoms with E-state index in [1.807, 2.05) is 24.3 Å². The van der Waals surface area contributed by atoms with Crippen molar-refractivity contribution in [2.75, 3.05) is 11.4 Å². The van der Waals surface area contributed by atoms with Crippen LogP contribution in [0.4, 0.5) is 14.5 Å². The van der Waals surface area contributed by atoms with Crippen LogP contribution < -0.4 is 4.90 Å². The maximum atomic E-state index is 14.1. The lowest BCUT2D eigenvalue weighted by Gasteiger charge is -2.20. The molecule has 3 aromatic rings. The van der Waals surface area contributed by atoms with Crippen molar-refractivity contribution in [3.8, 4) is 5.69 Å². The van der Waals surface area contributed by atoms with E-state index in [2.05, 4.69) is 18.9 Å². The summed E-state index contributed by atoms with van der Waals surface area (Å²) in [4.78, 5) is 15.0. The van der Waals surface area contributed by atoms with Crippen LogP contribution >= 0.6 is 0 Å². The molecule has 0 unspecified atom stereocenters. The van der Waals surface area contributed by atoms with Crippen molar-refractivity contribution in [1.29, 1.82) is 0 Å². The van der Waals surface area contributed by atoms with Crippen LogP contribution in [0.15, 0.2) is 48.7 Å². The zero-order valence-electron chi connectivity index (χ0n) is 15.3. The molecule has 1 aliphatic rings. The van der Waals surface area contributed by atoms with Crippen LogP contribution in [0.5, 0.6) is 0 Å². The summed E-state index contributed by atoms with van der Waals surface area (Å²) in [7, 11) is 0. The third-order valence-electron chi connectivity index (χ3n) is 5.10. The van der Waals surface area contributed by atoms with Crippen LogP contribution in [0.3, 0.4) is 0 Å². The molecule has 0 bridgehead atoms. The van der Waals surface area contributed by atoms with Gasteiger partial charge in [0.15, 0.2) is 5.82 Å². The van der Waals surface area contributed by atoms with Crippen LogP contribution in [0, 0.1) is 18.6 Å². The molecule has 0 saturated carbocycles. The van der Waals surface area contributed by atoms with Crippen molar-refractivity contribution in [3.63, 3.8) is 0 Å². The number of anilines is 1. The molecule has 1 aliphatic heterocycles. The molecule has 4 nitrogen and oxygen atoms in total. The Balaban J connectivity index is 1.74. The van der Waals surface area contributed by atoms with Gasteiger partial charge in [-0.15, -0.1) is 0 Å². The number of hydrogen-bond acceptors (Lipinski definition) is 2. The third kappa shape index (κ3) is 2.72. The number of aromatic nitrogens is 2. The van der Waals surface area contributed by atoms with Gasteiger partial charge in [-0.05, 0) is 30.7 Å². The number of nitrogens with zero attached hydrogens (tertiary/aromatic N) is 3. The van der Waals surface area contributed by atoms with E-state index < -0.39 is 11.6 Å². The average Bonchev–Trinajstić information content (AvgIpc) is 3.13. The molecule has 6 heteroatoms. The highest BCUT2D eigenvalue weighted by Gasteiger charge is 2.38. The lowest BCUT2D eigenvalue weighted by atomic mass is 9.87. The standard InChI is InChI=1S/C21H19F2N3O/c1-13-15(11-24-26(13)19-9-8-14(22)10-17(19)23)20(27)25-12-21(2,3)16-6-4-5-7-18(16)25/h4-11H,12H2,1-3H3. The Hall–Kier alpha value is -3.02. The van der Waals surface area contributed by atoms with Crippen LogP contribution in [0.1, 0.15) is 35.5 Å². The maximum absolute atomic E-state index is 14.1. The zero-order chi connectivity index (χ0) is 19.3. The average molecular weight is 367 g/mol. The lowest BCUT2D eigenvalue weighted by Crippen LogP contribution is -2.34. The molecule has 138 valence electrons. The second-order valence-corrected chi connectivity index (χ2v) is 7.44. The molecular formula is C21H19F2N3O. The first kappa shape index (κ1) is 17.4. The molecule has 0 fully saturated rings. The summed E-state index contributed by atoms with van der Waals surface area (Å²) in [5.74, 6) is -1.57. The van der Waals surface area contributed by atoms with Gasteiger partial charge in [-0.25, -0.2) is 13.5 Å². The Morgan fingerprint density at radius 2 is 1.85 bits per heavy atom. The Labute approximate surface area is 156 Å². The van der Waals surface area contributed by atoms with Crippen molar-refractivity contribution in [3.05, 3.63) is 77.1 Å². The molecule has 0 saturated heterocycles. The van der Waals surface area contributed by atoms with Gasteiger partial charge >= 0.3 is 0 Å². The van der Waals surface area contributed by atoms with E-state index in [9.17, 15) is 13.6 Å². The van der Waals surface area contributed by atoms with E-state index in [1.165, 1.54) is 23.0 Å². The Morgan fingerprint density at radius 1 is 1.11 bits per heavy atom. The number of benzene rings is 2. The number of amides is 1. The fourth-order valence-electron chi connectivity index (χ4n) is 3.69. The van der Waals surface area contributed by atoms with E-state index in [-0.39, 0.29) is 17.0 Å². The zero-order valence-corrected chi connectivity index (χ0v) is 15.3. The molecule has 0 atom stereocenters. The Kier molecular flexibility index (Phi) is 3.87. The van der Waals surface area contributed by atoms with Crippen molar-refractivity contribution < 1.29 is 13.6 Å². The molecule has 27 heavy (non-hydrogen) atoms. The van der Waals surface area contributed by atoms with Gasteiger partial charge in [0.25, 0.3) is 5.91 Å². The van der Waals surface area contributed by atoms with Gasteiger partial charge < -0.3 is 4.90 Å². The highest BCUT2D eigenvalue weighted by atomic mass is 19.1. The molecule has 1 amide bonds. The van der Waals surface area contributed by atoms with Crippen molar-refractivity contribution >= 4 is 11.6 Å². The van der Waals surface area contributed by atoms with Gasteiger partial charge in [0, 0.05) is 23.7 Å². The normalized spacial score (nSPS) is 15.1. The summed E-state index contributed by atoms with van der Waals surface area (Å²) >= 11 is 0. The Morgan fingerprint density at radius 3 is 2.59 bits per heavy atom. The molecule has 0 N–H and O–H groups in total. The first-order chi connectivity index (χ1) is 12.8. The van der Waals surface area contributed by atoms with E-state index in [0.29, 0.717) is 17.8 Å². The number of halogens is 2. The third-order valence-corrected chi connectivity index (χ3v) is 5.10. The van der Waals surface area contributed by atoms with Crippen molar-refractivity contribution in [2.24, 2.45) is 0 Å². The van der Waals surface area contributed by atoms with Crippen LogP contribution in [-0.2, 0) is 5.41 Å². The summed E-state index contributed by atoms with van der Waals surface area (Å²) in [5, 5.41) is 4.17. The van der Waals surface area contributed by atoms with E-state index in [4.69, 9.17) is 0 Å². The summed E-state index contributed by atoms with van der Waals surface area (Å²) in [5.41, 5.74) is 2.86. The lowest BCUT2D eigenvalue weighted by molar-refractivity contribution is 0.0985. The molecule has 0 spiro atoms. The molecule has 0 aliphatic carbocycles. The van der Waals surface area contributed by atoms with E-state index >= 15 is 0 Å². The fourth-order valence-corrected chi connectivity index (χ4v) is 3.69. The number of fused-ring (bicyclic) bond motifs is 1. The van der Waals surface area contributed by atoms with Gasteiger partial charge in [0.2, 0.25) is 0 Å². The molecular weight excluding hydrogens is 348 g/mol. The second-order valence-electron chi connectivity index (χ2n) is 7.44. The van der Waals surface area contributed by atoms with E-state index in [1.54, 1.807) is 11.8 Å².